The second kappa shape index (κ2) is 6.85. The molecule has 3 heteroatoms. The van der Waals surface area contributed by atoms with E-state index in [0.717, 1.165) is 29.7 Å². The highest BCUT2D eigenvalue weighted by Crippen LogP contribution is 2.17. The van der Waals surface area contributed by atoms with Crippen molar-refractivity contribution in [1.82, 2.24) is 0 Å². The highest BCUT2D eigenvalue weighted by molar-refractivity contribution is 9.09. The number of para-hydroxylation sites is 1. The van der Waals surface area contributed by atoms with Crippen molar-refractivity contribution in [1.29, 1.82) is 0 Å². The van der Waals surface area contributed by atoms with Crippen LogP contribution in [0, 0.1) is 0 Å². The van der Waals surface area contributed by atoms with E-state index in [9.17, 15) is 0 Å². The van der Waals surface area contributed by atoms with E-state index < -0.39 is 0 Å². The molecule has 1 rings (SSSR count). The van der Waals surface area contributed by atoms with Crippen LogP contribution >= 0.6 is 15.9 Å². The van der Waals surface area contributed by atoms with Crippen LogP contribution in [0.2, 0.25) is 0 Å². The van der Waals surface area contributed by atoms with Crippen LogP contribution in [0.15, 0.2) is 24.3 Å². The monoisotopic (exact) mass is 258 g/mol. The van der Waals surface area contributed by atoms with Gasteiger partial charge in [-0.3, -0.25) is 0 Å². The van der Waals surface area contributed by atoms with E-state index in [1.54, 1.807) is 7.11 Å². The molecule has 0 aliphatic carbocycles. The number of benzene rings is 1. The summed E-state index contributed by atoms with van der Waals surface area (Å²) in [7, 11) is 1.68. The first kappa shape index (κ1) is 11.5. The molecule has 0 amide bonds. The van der Waals surface area contributed by atoms with Crippen LogP contribution in [0.5, 0.6) is 5.75 Å². The second-order valence-corrected chi connectivity index (χ2v) is 3.70. The van der Waals surface area contributed by atoms with E-state index in [4.69, 9.17) is 9.47 Å². The molecular weight excluding hydrogens is 244 g/mol. The van der Waals surface area contributed by atoms with Crippen molar-refractivity contribution in [2.75, 3.05) is 19.0 Å². The van der Waals surface area contributed by atoms with Crippen molar-refractivity contribution in [3.8, 4) is 5.75 Å². The van der Waals surface area contributed by atoms with Gasteiger partial charge in [-0.15, -0.1) is 0 Å². The van der Waals surface area contributed by atoms with E-state index in [2.05, 4.69) is 15.9 Å². The van der Waals surface area contributed by atoms with Crippen LogP contribution < -0.4 is 4.74 Å². The number of rotatable bonds is 6. The van der Waals surface area contributed by atoms with Gasteiger partial charge in [0.1, 0.15) is 5.75 Å². The van der Waals surface area contributed by atoms with E-state index in [1.165, 1.54) is 0 Å². The molecule has 0 atom stereocenters. The molecule has 0 radical (unpaired) electrons. The Hall–Kier alpha value is -0.540. The van der Waals surface area contributed by atoms with Crippen molar-refractivity contribution < 1.29 is 9.47 Å². The third-order valence-corrected chi connectivity index (χ3v) is 2.43. The molecule has 2 nitrogen and oxygen atoms in total. The van der Waals surface area contributed by atoms with Crippen molar-refractivity contribution in [2.45, 2.75) is 13.0 Å². The number of hydrogen-bond donors (Lipinski definition) is 0. The molecule has 0 aliphatic rings. The van der Waals surface area contributed by atoms with E-state index in [1.807, 2.05) is 24.3 Å². The maximum atomic E-state index is 5.49. The second-order valence-electron chi connectivity index (χ2n) is 2.91. The van der Waals surface area contributed by atoms with Crippen LogP contribution in [-0.4, -0.2) is 19.0 Å². The molecule has 0 aliphatic heterocycles. The largest absolute Gasteiger partial charge is 0.496 e. The molecule has 0 saturated heterocycles. The third kappa shape index (κ3) is 3.68. The summed E-state index contributed by atoms with van der Waals surface area (Å²) >= 11 is 3.36. The van der Waals surface area contributed by atoms with Crippen molar-refractivity contribution in [3.05, 3.63) is 29.8 Å². The van der Waals surface area contributed by atoms with Crippen molar-refractivity contribution in [2.24, 2.45) is 0 Å². The van der Waals surface area contributed by atoms with Crippen LogP contribution in [0.25, 0.3) is 0 Å². The summed E-state index contributed by atoms with van der Waals surface area (Å²) < 4.78 is 10.7. The Balaban J connectivity index is 2.41. The fourth-order valence-corrected chi connectivity index (χ4v) is 1.39. The average molecular weight is 259 g/mol. The van der Waals surface area contributed by atoms with E-state index in [-0.39, 0.29) is 0 Å². The van der Waals surface area contributed by atoms with Gasteiger partial charge in [-0.25, -0.2) is 0 Å². The minimum absolute atomic E-state index is 0.622. The van der Waals surface area contributed by atoms with Gasteiger partial charge in [-0.1, -0.05) is 34.1 Å². The lowest BCUT2D eigenvalue weighted by Crippen LogP contribution is -1.98. The first-order valence-electron chi connectivity index (χ1n) is 4.64. The van der Waals surface area contributed by atoms with Gasteiger partial charge in [0, 0.05) is 17.5 Å². The molecule has 14 heavy (non-hydrogen) atoms. The summed E-state index contributed by atoms with van der Waals surface area (Å²) in [4.78, 5) is 0. The Morgan fingerprint density at radius 3 is 2.79 bits per heavy atom. The maximum Gasteiger partial charge on any atom is 0.124 e. The molecule has 0 heterocycles. The van der Waals surface area contributed by atoms with Gasteiger partial charge in [0.05, 0.1) is 13.7 Å². The van der Waals surface area contributed by atoms with Crippen molar-refractivity contribution in [3.63, 3.8) is 0 Å². The Morgan fingerprint density at radius 2 is 2.07 bits per heavy atom. The maximum absolute atomic E-state index is 5.49. The van der Waals surface area contributed by atoms with Gasteiger partial charge in [-0.05, 0) is 12.5 Å². The molecule has 0 spiro atoms. The number of methoxy groups -OCH3 is 1. The summed E-state index contributed by atoms with van der Waals surface area (Å²) in [6.45, 7) is 1.40. The van der Waals surface area contributed by atoms with Gasteiger partial charge in [-0.2, -0.15) is 0 Å². The first-order chi connectivity index (χ1) is 6.88. The quantitative estimate of drug-likeness (QED) is 0.577. The Bertz CT molecular complexity index is 263. The number of alkyl halides is 1. The summed E-state index contributed by atoms with van der Waals surface area (Å²) in [6, 6.07) is 7.92. The standard InChI is InChI=1S/C11H15BrO2/c1-13-11-6-3-2-5-10(11)9-14-8-4-7-12/h2-3,5-6H,4,7-9H2,1H3. The zero-order valence-electron chi connectivity index (χ0n) is 8.33. The zero-order chi connectivity index (χ0) is 10.2. The molecular formula is C11H15BrO2. The van der Waals surface area contributed by atoms with Crippen LogP contribution in [0.4, 0.5) is 0 Å². The fraction of sp³-hybridized carbons (Fsp3) is 0.455. The zero-order valence-corrected chi connectivity index (χ0v) is 9.92. The van der Waals surface area contributed by atoms with E-state index >= 15 is 0 Å². The molecule has 1 aromatic carbocycles. The predicted octanol–water partition coefficient (Wildman–Crippen LogP) is 3.00. The smallest absolute Gasteiger partial charge is 0.124 e. The molecule has 0 fully saturated rings. The molecule has 0 bridgehead atoms. The van der Waals surface area contributed by atoms with Crippen LogP contribution in [0.3, 0.4) is 0 Å². The molecule has 0 saturated carbocycles. The Kier molecular flexibility index (Phi) is 5.64. The first-order valence-corrected chi connectivity index (χ1v) is 5.76. The van der Waals surface area contributed by atoms with Gasteiger partial charge < -0.3 is 9.47 Å². The molecule has 0 unspecified atom stereocenters. The number of halogens is 1. The normalized spacial score (nSPS) is 10.1. The summed E-state index contributed by atoms with van der Waals surface area (Å²) in [5.74, 6) is 0.895. The van der Waals surface area contributed by atoms with Gasteiger partial charge in [0.15, 0.2) is 0 Å². The lowest BCUT2D eigenvalue weighted by atomic mass is 10.2. The van der Waals surface area contributed by atoms with Gasteiger partial charge >= 0.3 is 0 Å². The predicted molar refractivity (Wildman–Crippen MR) is 61.1 cm³/mol. The molecule has 0 N–H and O–H groups in total. The van der Waals surface area contributed by atoms with Crippen molar-refractivity contribution >= 4 is 15.9 Å². The highest BCUT2D eigenvalue weighted by Gasteiger charge is 2.00. The minimum atomic E-state index is 0.622. The van der Waals surface area contributed by atoms with Crippen LogP contribution in [-0.2, 0) is 11.3 Å². The summed E-state index contributed by atoms with van der Waals surface area (Å²) in [6.07, 6.45) is 1.04. The Labute approximate surface area is 93.4 Å². The summed E-state index contributed by atoms with van der Waals surface area (Å²) in [5, 5.41) is 0.985. The minimum Gasteiger partial charge on any atom is -0.496 e. The SMILES string of the molecule is COc1ccccc1COCCCBr. The van der Waals surface area contributed by atoms with Gasteiger partial charge in [0.2, 0.25) is 0 Å². The highest BCUT2D eigenvalue weighted by atomic mass is 79.9. The number of ether oxygens (including phenoxy) is 2. The molecule has 78 valence electrons. The Morgan fingerprint density at radius 1 is 1.29 bits per heavy atom. The fourth-order valence-electron chi connectivity index (χ4n) is 1.16. The molecule has 1 aromatic rings. The molecule has 0 aromatic heterocycles. The lowest BCUT2D eigenvalue weighted by molar-refractivity contribution is 0.120. The number of hydrogen-bond acceptors (Lipinski definition) is 2. The average Bonchev–Trinajstić information content (AvgIpc) is 2.25. The van der Waals surface area contributed by atoms with E-state index in [0.29, 0.717) is 6.61 Å². The lowest BCUT2D eigenvalue weighted by Gasteiger charge is -2.08. The van der Waals surface area contributed by atoms with Crippen LogP contribution in [0.1, 0.15) is 12.0 Å². The summed E-state index contributed by atoms with van der Waals surface area (Å²) in [5.41, 5.74) is 1.10. The topological polar surface area (TPSA) is 18.5 Å². The third-order valence-electron chi connectivity index (χ3n) is 1.87. The van der Waals surface area contributed by atoms with Gasteiger partial charge in [0.25, 0.3) is 0 Å².